The summed E-state index contributed by atoms with van der Waals surface area (Å²) in [6.07, 6.45) is 2.68. The van der Waals surface area contributed by atoms with Crippen molar-refractivity contribution >= 4 is 23.5 Å². The van der Waals surface area contributed by atoms with E-state index in [1.807, 2.05) is 37.4 Å². The smallest absolute Gasteiger partial charge is 0.0571 e. The molecule has 0 radical (unpaired) electrons. The van der Waals surface area contributed by atoms with E-state index in [-0.39, 0.29) is 0 Å². The number of hydrogen-bond donors (Lipinski definition) is 0. The molecule has 0 aliphatic carbocycles. The summed E-state index contributed by atoms with van der Waals surface area (Å²) in [6.45, 7) is 2.00. The van der Waals surface area contributed by atoms with Crippen molar-refractivity contribution in [3.05, 3.63) is 58.6 Å². The molecule has 0 atom stereocenters. The molecular formula is C16H13ClN2. The Kier molecular flexibility index (Phi) is 3.18. The van der Waals surface area contributed by atoms with Crippen LogP contribution in [0.1, 0.15) is 18.1 Å². The average molecular weight is 269 g/mol. The second-order valence-corrected chi connectivity index (χ2v) is 5.11. The molecule has 3 heteroatoms. The predicted octanol–water partition coefficient (Wildman–Crippen LogP) is 4.36. The van der Waals surface area contributed by atoms with Crippen LogP contribution >= 0.6 is 11.6 Å². The molecular weight excluding hydrogens is 256 g/mol. The number of rotatable bonds is 1. The van der Waals surface area contributed by atoms with Crippen molar-refractivity contribution < 1.29 is 0 Å². The topological polar surface area (TPSA) is 24.7 Å². The van der Waals surface area contributed by atoms with E-state index < -0.39 is 0 Å². The van der Waals surface area contributed by atoms with Gasteiger partial charge in [0.25, 0.3) is 0 Å². The summed E-state index contributed by atoms with van der Waals surface area (Å²) in [6, 6.07) is 14.3. The van der Waals surface area contributed by atoms with E-state index >= 15 is 0 Å². The zero-order chi connectivity index (χ0) is 13.2. The van der Waals surface area contributed by atoms with Crippen LogP contribution in [0.3, 0.4) is 0 Å². The Morgan fingerprint density at radius 3 is 2.53 bits per heavy atom. The third-order valence-electron chi connectivity index (χ3n) is 3.19. The molecule has 0 saturated carbocycles. The second-order valence-electron chi connectivity index (χ2n) is 4.68. The standard InChI is InChI=1S/C16H13ClN2/c1-11-8-13-2-3-14(9-15(13)10-18-19-11)12-4-6-16(17)7-5-12/h2-7,9-10H,8H2,1H3. The maximum atomic E-state index is 5.92. The molecule has 0 amide bonds. The summed E-state index contributed by atoms with van der Waals surface area (Å²) < 4.78 is 0. The van der Waals surface area contributed by atoms with Crippen molar-refractivity contribution in [2.75, 3.05) is 0 Å². The Morgan fingerprint density at radius 1 is 1.00 bits per heavy atom. The van der Waals surface area contributed by atoms with Gasteiger partial charge in [-0.2, -0.15) is 10.2 Å². The van der Waals surface area contributed by atoms with Gasteiger partial charge in [-0.3, -0.25) is 0 Å². The van der Waals surface area contributed by atoms with Crippen molar-refractivity contribution in [1.82, 2.24) is 0 Å². The zero-order valence-corrected chi connectivity index (χ0v) is 11.4. The van der Waals surface area contributed by atoms with Gasteiger partial charge in [0.2, 0.25) is 0 Å². The van der Waals surface area contributed by atoms with E-state index in [2.05, 4.69) is 28.4 Å². The van der Waals surface area contributed by atoms with Crippen LogP contribution in [0.25, 0.3) is 11.1 Å². The molecule has 2 nitrogen and oxygen atoms in total. The van der Waals surface area contributed by atoms with E-state index in [0.717, 1.165) is 28.3 Å². The fourth-order valence-corrected chi connectivity index (χ4v) is 2.32. The van der Waals surface area contributed by atoms with Gasteiger partial charge in [-0.1, -0.05) is 35.9 Å². The molecule has 2 aromatic carbocycles. The van der Waals surface area contributed by atoms with Crippen molar-refractivity contribution in [2.45, 2.75) is 13.3 Å². The molecule has 1 heterocycles. The van der Waals surface area contributed by atoms with E-state index in [9.17, 15) is 0 Å². The molecule has 0 spiro atoms. The quantitative estimate of drug-likeness (QED) is 0.734. The maximum absolute atomic E-state index is 5.92. The van der Waals surface area contributed by atoms with Crippen LogP contribution in [-0.4, -0.2) is 11.9 Å². The molecule has 0 bridgehead atoms. The lowest BCUT2D eigenvalue weighted by Crippen LogP contribution is -1.98. The molecule has 0 fully saturated rings. The third kappa shape index (κ3) is 2.59. The van der Waals surface area contributed by atoms with Gasteiger partial charge in [-0.15, -0.1) is 0 Å². The number of nitrogens with zero attached hydrogens (tertiary/aromatic N) is 2. The molecule has 1 aliphatic heterocycles. The summed E-state index contributed by atoms with van der Waals surface area (Å²) >= 11 is 5.92. The monoisotopic (exact) mass is 268 g/mol. The van der Waals surface area contributed by atoms with Crippen LogP contribution in [0.15, 0.2) is 52.7 Å². The normalized spacial score (nSPS) is 13.7. The van der Waals surface area contributed by atoms with Gasteiger partial charge in [0.15, 0.2) is 0 Å². The fourth-order valence-electron chi connectivity index (χ4n) is 2.20. The lowest BCUT2D eigenvalue weighted by atomic mass is 9.97. The highest BCUT2D eigenvalue weighted by atomic mass is 35.5. The molecule has 0 N–H and O–H groups in total. The number of fused-ring (bicyclic) bond motifs is 1. The Balaban J connectivity index is 2.03. The Morgan fingerprint density at radius 2 is 1.74 bits per heavy atom. The molecule has 0 unspecified atom stereocenters. The summed E-state index contributed by atoms with van der Waals surface area (Å²) in [5, 5.41) is 8.96. The zero-order valence-electron chi connectivity index (χ0n) is 10.6. The van der Waals surface area contributed by atoms with E-state index in [1.165, 1.54) is 11.1 Å². The van der Waals surface area contributed by atoms with Gasteiger partial charge in [0.1, 0.15) is 0 Å². The summed E-state index contributed by atoms with van der Waals surface area (Å²) in [4.78, 5) is 0. The van der Waals surface area contributed by atoms with Crippen LogP contribution in [0, 0.1) is 0 Å². The van der Waals surface area contributed by atoms with E-state index in [1.54, 1.807) is 0 Å². The van der Waals surface area contributed by atoms with Crippen molar-refractivity contribution in [2.24, 2.45) is 10.2 Å². The average Bonchev–Trinajstić information content (AvgIpc) is 2.59. The van der Waals surface area contributed by atoms with Crippen LogP contribution < -0.4 is 0 Å². The number of halogens is 1. The van der Waals surface area contributed by atoms with Gasteiger partial charge in [-0.25, -0.2) is 0 Å². The minimum absolute atomic E-state index is 0.754. The molecule has 0 aromatic heterocycles. The molecule has 3 rings (SSSR count). The Bertz CT molecular complexity index is 670. The molecule has 2 aromatic rings. The summed E-state index contributed by atoms with van der Waals surface area (Å²) in [5.74, 6) is 0. The predicted molar refractivity (Wildman–Crippen MR) is 81.3 cm³/mol. The largest absolute Gasteiger partial charge is 0.160 e. The lowest BCUT2D eigenvalue weighted by Gasteiger charge is -2.07. The van der Waals surface area contributed by atoms with Gasteiger partial charge in [0, 0.05) is 17.2 Å². The molecule has 1 aliphatic rings. The van der Waals surface area contributed by atoms with E-state index in [0.29, 0.717) is 0 Å². The molecule has 94 valence electrons. The van der Waals surface area contributed by atoms with Gasteiger partial charge >= 0.3 is 0 Å². The van der Waals surface area contributed by atoms with Gasteiger partial charge < -0.3 is 0 Å². The highest BCUT2D eigenvalue weighted by Crippen LogP contribution is 2.24. The van der Waals surface area contributed by atoms with Crippen LogP contribution in [0.5, 0.6) is 0 Å². The first-order valence-corrected chi connectivity index (χ1v) is 6.55. The highest BCUT2D eigenvalue weighted by Gasteiger charge is 2.07. The first kappa shape index (κ1) is 12.1. The second kappa shape index (κ2) is 4.98. The fraction of sp³-hybridized carbons (Fsp3) is 0.125. The first-order valence-electron chi connectivity index (χ1n) is 6.18. The van der Waals surface area contributed by atoms with Crippen molar-refractivity contribution in [1.29, 1.82) is 0 Å². The van der Waals surface area contributed by atoms with Crippen LogP contribution in [-0.2, 0) is 6.42 Å². The summed E-state index contributed by atoms with van der Waals surface area (Å²) in [7, 11) is 0. The van der Waals surface area contributed by atoms with Gasteiger partial charge in [-0.05, 0) is 47.4 Å². The van der Waals surface area contributed by atoms with Crippen molar-refractivity contribution in [3.8, 4) is 11.1 Å². The highest BCUT2D eigenvalue weighted by molar-refractivity contribution is 6.30. The number of hydrogen-bond acceptors (Lipinski definition) is 2. The van der Waals surface area contributed by atoms with E-state index in [4.69, 9.17) is 11.6 Å². The molecule has 19 heavy (non-hydrogen) atoms. The SMILES string of the molecule is CC1=NN=Cc2cc(-c3ccc(Cl)cc3)ccc2C1. The molecule has 0 saturated heterocycles. The first-order chi connectivity index (χ1) is 9.22. The van der Waals surface area contributed by atoms with Crippen LogP contribution in [0.2, 0.25) is 5.02 Å². The minimum atomic E-state index is 0.754. The van der Waals surface area contributed by atoms with Gasteiger partial charge in [0.05, 0.1) is 6.21 Å². The van der Waals surface area contributed by atoms with Crippen molar-refractivity contribution in [3.63, 3.8) is 0 Å². The van der Waals surface area contributed by atoms with Crippen LogP contribution in [0.4, 0.5) is 0 Å². The number of benzene rings is 2. The summed E-state index contributed by atoms with van der Waals surface area (Å²) in [5.41, 5.74) is 5.76. The Hall–Kier alpha value is -1.93. The lowest BCUT2D eigenvalue weighted by molar-refractivity contribution is 1.21. The maximum Gasteiger partial charge on any atom is 0.0571 e. The third-order valence-corrected chi connectivity index (χ3v) is 3.45. The Labute approximate surface area is 117 Å². The minimum Gasteiger partial charge on any atom is -0.160 e.